The SMILES string of the molecule is [C-]#[N+]/C(C#N)=C1\C(=C2c3c(O)ccc(N(C)C)c3C(=[N+](C)C)c3c(N(C)C)ccc(O)c32)C(O)=C1c1c2c(N)cccc2c(N(C)C)c2cccc(N)c12. The van der Waals surface area contributed by atoms with Gasteiger partial charge in [-0.3, -0.25) is 0 Å². The fraction of sp³-hybridized carbons (Fsp3) is 0.186. The van der Waals surface area contributed by atoms with Crippen LogP contribution in [0.25, 0.3) is 37.5 Å². The van der Waals surface area contributed by atoms with Gasteiger partial charge < -0.3 is 41.5 Å². The standard InChI is InChI=1S/C43H40N8O3/c1-47-25(20-44)32-39(37-30-21(12-10-14-23(30)45)41(50(6)7)22-13-11-15-24(46)31(22)37)43(54)40(32)38-35-28(52)18-16-26(48(2)3)33(35)42(51(8)9)34-27(49(4)5)17-19-29(53)36(34)38/h10-19H,45-46H2,2-9H3,(H2-,52,53,54)/p+1/b32-25-. The van der Waals surface area contributed by atoms with Gasteiger partial charge in [0.15, 0.2) is 0 Å². The zero-order valence-electron chi connectivity index (χ0n) is 31.5. The Hall–Kier alpha value is -7.11. The summed E-state index contributed by atoms with van der Waals surface area (Å²) in [7, 11) is 15.3. The van der Waals surface area contributed by atoms with Gasteiger partial charge in [0.05, 0.1) is 40.8 Å². The molecule has 11 heteroatoms. The van der Waals surface area contributed by atoms with Crippen LogP contribution in [0.3, 0.4) is 0 Å². The van der Waals surface area contributed by atoms with Gasteiger partial charge in [-0.15, -0.1) is 0 Å². The first kappa shape index (κ1) is 35.3. The Labute approximate surface area is 313 Å². The van der Waals surface area contributed by atoms with Gasteiger partial charge in [-0.05, 0) is 36.4 Å². The minimum atomic E-state index is -0.288. The average Bonchev–Trinajstić information content (AvgIpc) is 3.11. The third-order valence-corrected chi connectivity index (χ3v) is 10.3. The van der Waals surface area contributed by atoms with E-state index in [9.17, 15) is 20.6 Å². The molecule has 54 heavy (non-hydrogen) atoms. The van der Waals surface area contributed by atoms with E-state index in [1.165, 1.54) is 0 Å². The highest BCUT2D eigenvalue weighted by Gasteiger charge is 2.46. The predicted octanol–water partition coefficient (Wildman–Crippen LogP) is 6.67. The zero-order valence-corrected chi connectivity index (χ0v) is 31.5. The summed E-state index contributed by atoms with van der Waals surface area (Å²) in [5, 5.41) is 49.9. The number of nitrogen functional groups attached to an aromatic ring is 2. The summed E-state index contributed by atoms with van der Waals surface area (Å²) in [5.74, 6) is -0.462. The van der Waals surface area contributed by atoms with Crippen LogP contribution >= 0.6 is 0 Å². The van der Waals surface area contributed by atoms with Crippen LogP contribution < -0.4 is 26.2 Å². The number of anilines is 5. The lowest BCUT2D eigenvalue weighted by Gasteiger charge is -2.36. The molecule has 2 aliphatic carbocycles. The lowest BCUT2D eigenvalue weighted by Crippen LogP contribution is -2.30. The maximum atomic E-state index is 12.7. The number of nitrogens with two attached hydrogens (primary N) is 2. The van der Waals surface area contributed by atoms with Crippen LogP contribution in [0.1, 0.15) is 27.8 Å². The maximum Gasteiger partial charge on any atom is 0.270 e. The molecular weight excluding hydrogens is 677 g/mol. The molecule has 0 saturated carbocycles. The predicted molar refractivity (Wildman–Crippen MR) is 220 cm³/mol. The second-order valence-electron chi connectivity index (χ2n) is 14.3. The highest BCUT2D eigenvalue weighted by atomic mass is 16.3. The van der Waals surface area contributed by atoms with Crippen molar-refractivity contribution in [1.29, 1.82) is 5.26 Å². The second kappa shape index (κ2) is 12.5. The van der Waals surface area contributed by atoms with Crippen LogP contribution in [0.5, 0.6) is 11.5 Å². The van der Waals surface area contributed by atoms with Crippen LogP contribution in [-0.4, -0.2) is 82.0 Å². The van der Waals surface area contributed by atoms with Gasteiger partial charge in [-0.25, -0.2) is 14.7 Å². The third kappa shape index (κ3) is 4.75. The molecule has 0 spiro atoms. The van der Waals surface area contributed by atoms with Crippen LogP contribution in [0.2, 0.25) is 0 Å². The molecule has 5 aromatic rings. The molecule has 0 aromatic heterocycles. The van der Waals surface area contributed by atoms with Crippen molar-refractivity contribution < 1.29 is 19.9 Å². The number of fused-ring (bicyclic) bond motifs is 4. The highest BCUT2D eigenvalue weighted by Crippen LogP contribution is 2.60. The van der Waals surface area contributed by atoms with E-state index in [0.717, 1.165) is 33.5 Å². The first-order valence-corrected chi connectivity index (χ1v) is 17.2. The van der Waals surface area contributed by atoms with Gasteiger partial charge in [-0.1, -0.05) is 24.3 Å². The first-order chi connectivity index (χ1) is 25.7. The Kier molecular flexibility index (Phi) is 8.19. The summed E-state index contributed by atoms with van der Waals surface area (Å²) in [6, 6.07) is 20.0. The van der Waals surface area contributed by atoms with Crippen molar-refractivity contribution in [2.45, 2.75) is 0 Å². The van der Waals surface area contributed by atoms with Crippen molar-refractivity contribution >= 4 is 66.8 Å². The Morgan fingerprint density at radius 3 is 1.54 bits per heavy atom. The molecule has 7 rings (SSSR count). The van der Waals surface area contributed by atoms with Crippen LogP contribution in [0.15, 0.2) is 83.3 Å². The fourth-order valence-corrected chi connectivity index (χ4v) is 8.22. The average molecular weight is 718 g/mol. The van der Waals surface area contributed by atoms with Crippen molar-refractivity contribution in [1.82, 2.24) is 0 Å². The molecule has 0 fully saturated rings. The minimum Gasteiger partial charge on any atom is -0.507 e. The Balaban J connectivity index is 1.80. The molecule has 0 saturated heterocycles. The molecule has 7 N–H and O–H groups in total. The molecule has 0 aliphatic heterocycles. The number of phenolic OH excluding ortho intramolecular Hbond substituents is 2. The zero-order chi connectivity index (χ0) is 39.1. The third-order valence-electron chi connectivity index (χ3n) is 10.3. The van der Waals surface area contributed by atoms with Crippen LogP contribution in [-0.2, 0) is 0 Å². The number of aliphatic hydroxyl groups excluding tert-OH is 1. The Morgan fingerprint density at radius 1 is 0.667 bits per heavy atom. The maximum absolute atomic E-state index is 12.7. The molecule has 0 bridgehead atoms. The summed E-state index contributed by atoms with van der Waals surface area (Å²) in [6.07, 6.45) is 0. The lowest BCUT2D eigenvalue weighted by molar-refractivity contribution is -0.463. The number of nitriles is 1. The number of nitrogens with zero attached hydrogens (tertiary/aromatic N) is 6. The van der Waals surface area contributed by atoms with Crippen LogP contribution in [0.4, 0.5) is 28.4 Å². The van der Waals surface area contributed by atoms with Crippen molar-refractivity contribution in [3.05, 3.63) is 123 Å². The van der Waals surface area contributed by atoms with Crippen LogP contribution in [0, 0.1) is 17.9 Å². The monoisotopic (exact) mass is 717 g/mol. The first-order valence-electron chi connectivity index (χ1n) is 17.2. The van der Waals surface area contributed by atoms with Gasteiger partial charge in [0.25, 0.3) is 5.70 Å². The number of allylic oxidation sites excluding steroid dienone is 3. The van der Waals surface area contributed by atoms with Gasteiger partial charge in [-0.2, -0.15) is 0 Å². The minimum absolute atomic E-state index is 0.112. The van der Waals surface area contributed by atoms with Crippen molar-refractivity contribution in [3.8, 4) is 17.6 Å². The van der Waals surface area contributed by atoms with Gasteiger partial charge in [0.2, 0.25) is 5.71 Å². The molecular formula is C43H41N8O3+. The van der Waals surface area contributed by atoms with Gasteiger partial charge in [0, 0.05) is 114 Å². The van der Waals surface area contributed by atoms with E-state index >= 15 is 0 Å². The molecule has 270 valence electrons. The van der Waals surface area contributed by atoms with Crippen molar-refractivity contribution in [2.75, 3.05) is 82.5 Å². The van der Waals surface area contributed by atoms with Gasteiger partial charge >= 0.3 is 0 Å². The quantitative estimate of drug-likeness (QED) is 0.0442. The van der Waals surface area contributed by atoms with E-state index in [1.54, 1.807) is 24.3 Å². The molecule has 0 radical (unpaired) electrons. The molecule has 0 atom stereocenters. The van der Waals surface area contributed by atoms with E-state index in [-0.39, 0.29) is 45.2 Å². The Bertz CT molecular complexity index is 2580. The number of phenols is 2. The number of hydrogen-bond donors (Lipinski definition) is 5. The molecule has 2 aliphatic rings. The molecule has 0 amide bonds. The largest absolute Gasteiger partial charge is 0.507 e. The number of benzene rings is 5. The summed E-state index contributed by atoms with van der Waals surface area (Å²) >= 11 is 0. The second-order valence-corrected chi connectivity index (χ2v) is 14.3. The van der Waals surface area contributed by atoms with Crippen molar-refractivity contribution in [2.24, 2.45) is 0 Å². The molecule has 0 unspecified atom stereocenters. The highest BCUT2D eigenvalue weighted by molar-refractivity contribution is 6.30. The summed E-state index contributed by atoms with van der Waals surface area (Å²) in [4.78, 5) is 9.54. The van der Waals surface area contributed by atoms with E-state index in [0.29, 0.717) is 50.0 Å². The normalized spacial score (nSPS) is 14.3. The van der Waals surface area contributed by atoms with E-state index in [2.05, 4.69) is 10.9 Å². The lowest BCUT2D eigenvalue weighted by atomic mass is 9.68. The topological polar surface area (TPSA) is 154 Å². The summed E-state index contributed by atoms with van der Waals surface area (Å²) in [6.45, 7) is 8.23. The molecule has 0 heterocycles. The number of aromatic hydroxyl groups is 2. The number of rotatable bonds is 4. The summed E-state index contributed by atoms with van der Waals surface area (Å²) < 4.78 is 1.94. The smallest absolute Gasteiger partial charge is 0.270 e. The number of hydrogen-bond acceptors (Lipinski definition) is 9. The fourth-order valence-electron chi connectivity index (χ4n) is 8.22. The van der Waals surface area contributed by atoms with E-state index in [1.807, 2.05) is 112 Å². The molecule has 11 nitrogen and oxygen atoms in total. The number of aliphatic hydroxyl groups is 1. The molecule has 5 aromatic carbocycles. The van der Waals surface area contributed by atoms with Gasteiger partial charge in [0.1, 0.15) is 31.4 Å². The van der Waals surface area contributed by atoms with E-state index in [4.69, 9.17) is 18.0 Å². The Morgan fingerprint density at radius 2 is 1.15 bits per heavy atom. The van der Waals surface area contributed by atoms with E-state index < -0.39 is 0 Å². The van der Waals surface area contributed by atoms with Crippen molar-refractivity contribution in [3.63, 3.8) is 0 Å². The summed E-state index contributed by atoms with van der Waals surface area (Å²) in [5.41, 5.74) is 20.5.